The lowest BCUT2D eigenvalue weighted by Crippen LogP contribution is -2.38. The van der Waals surface area contributed by atoms with Crippen LogP contribution in [0.2, 0.25) is 0 Å². The molecule has 1 amide bonds. The van der Waals surface area contributed by atoms with Crippen molar-refractivity contribution >= 4 is 34.5 Å². The van der Waals surface area contributed by atoms with Gasteiger partial charge in [-0.2, -0.15) is 0 Å². The molecule has 0 fully saturated rings. The summed E-state index contributed by atoms with van der Waals surface area (Å²) in [6.07, 6.45) is 0.146. The van der Waals surface area contributed by atoms with Crippen molar-refractivity contribution in [2.45, 2.75) is 33.2 Å². The van der Waals surface area contributed by atoms with E-state index in [0.717, 1.165) is 16.8 Å². The van der Waals surface area contributed by atoms with Crippen molar-refractivity contribution in [3.63, 3.8) is 0 Å². The molecule has 0 saturated heterocycles. The predicted molar refractivity (Wildman–Crippen MR) is 150 cm³/mol. The van der Waals surface area contributed by atoms with Gasteiger partial charge in [-0.25, -0.2) is 9.79 Å². The lowest BCUT2D eigenvalue weighted by molar-refractivity contribution is -0.139. The second kappa shape index (κ2) is 12.2. The second-order valence-corrected chi connectivity index (χ2v) is 10.1. The predicted octanol–water partition coefficient (Wildman–Crippen LogP) is 5.14. The Balaban J connectivity index is 1.89. The van der Waals surface area contributed by atoms with Crippen molar-refractivity contribution in [1.29, 1.82) is 0 Å². The number of carbonyl (C=O) groups is 2. The lowest BCUT2D eigenvalue weighted by atomic mass is 9.91. The fourth-order valence-electron chi connectivity index (χ4n) is 4.34. The topological polar surface area (TPSA) is 89.5 Å². The van der Waals surface area contributed by atoms with Gasteiger partial charge in [0.2, 0.25) is 5.91 Å². The van der Waals surface area contributed by atoms with Crippen LogP contribution in [-0.2, 0) is 14.3 Å². The zero-order valence-electron chi connectivity index (χ0n) is 22.3. The zero-order chi connectivity index (χ0) is 27.2. The zero-order valence-corrected chi connectivity index (χ0v) is 23.1. The third-order valence-corrected chi connectivity index (χ3v) is 6.98. The minimum Gasteiger partial charge on any atom is -0.497 e. The number of rotatable bonds is 10. The maximum absolute atomic E-state index is 13.6. The molecule has 0 aliphatic carbocycles. The molecular formula is C29H33N3O5S. The molecule has 9 heteroatoms. The first-order valence-corrected chi connectivity index (χ1v) is 13.4. The number of hydrogen-bond donors (Lipinski definition) is 1. The Morgan fingerprint density at radius 1 is 1.08 bits per heavy atom. The van der Waals surface area contributed by atoms with Gasteiger partial charge in [0.1, 0.15) is 11.5 Å². The fraction of sp³-hybridized carbons (Fsp3) is 0.345. The number of hydrogen-bond acceptors (Lipinski definition) is 8. The number of carbonyl (C=O) groups excluding carboxylic acids is 2. The van der Waals surface area contributed by atoms with Crippen LogP contribution < -0.4 is 14.8 Å². The van der Waals surface area contributed by atoms with Crippen LogP contribution in [0.25, 0.3) is 5.70 Å². The molecule has 0 radical (unpaired) electrons. The number of amides is 1. The highest BCUT2D eigenvalue weighted by atomic mass is 32.2. The molecule has 8 nitrogen and oxygen atoms in total. The summed E-state index contributed by atoms with van der Waals surface area (Å²) in [5.74, 6) is 0.937. The van der Waals surface area contributed by atoms with E-state index in [-0.39, 0.29) is 18.9 Å². The van der Waals surface area contributed by atoms with E-state index in [1.165, 1.54) is 11.8 Å². The Labute approximate surface area is 227 Å². The number of benzene rings is 2. The number of aliphatic imine (C=N–C) groups is 1. The van der Waals surface area contributed by atoms with Crippen LogP contribution in [-0.4, -0.2) is 49.3 Å². The Kier molecular flexibility index (Phi) is 8.78. The molecule has 38 heavy (non-hydrogen) atoms. The van der Waals surface area contributed by atoms with Crippen LogP contribution in [0.4, 0.5) is 0 Å². The van der Waals surface area contributed by atoms with Crippen LogP contribution in [0.3, 0.4) is 0 Å². The average Bonchev–Trinajstić information content (AvgIpc) is 3.33. The van der Waals surface area contributed by atoms with Crippen LogP contribution in [0.1, 0.15) is 44.4 Å². The average molecular weight is 536 g/mol. The SMILES string of the molecule is CCOC(=O)C1=C(c2ccccc2)N=C2SC=C(CC(=O)NCC(C)C)N2[C@@H]1c1cc(OC)cc(OC)c1. The smallest absolute Gasteiger partial charge is 0.338 e. The van der Waals surface area contributed by atoms with Gasteiger partial charge in [0.05, 0.1) is 44.6 Å². The minimum atomic E-state index is -0.625. The summed E-state index contributed by atoms with van der Waals surface area (Å²) in [7, 11) is 3.17. The largest absolute Gasteiger partial charge is 0.497 e. The van der Waals surface area contributed by atoms with Gasteiger partial charge in [-0.05, 0) is 35.9 Å². The number of nitrogens with one attached hydrogen (secondary N) is 1. The molecular weight excluding hydrogens is 502 g/mol. The van der Waals surface area contributed by atoms with E-state index >= 15 is 0 Å². The van der Waals surface area contributed by atoms with Gasteiger partial charge in [-0.3, -0.25) is 4.79 Å². The number of nitrogens with zero attached hydrogens (tertiary/aromatic N) is 2. The maximum Gasteiger partial charge on any atom is 0.338 e. The molecule has 0 saturated carbocycles. The summed E-state index contributed by atoms with van der Waals surface area (Å²) in [5.41, 5.74) is 3.21. The van der Waals surface area contributed by atoms with Crippen LogP contribution in [0, 0.1) is 5.92 Å². The fourth-order valence-corrected chi connectivity index (χ4v) is 5.25. The molecule has 2 heterocycles. The molecule has 4 rings (SSSR count). The number of thioether (sulfide) groups is 1. The van der Waals surface area contributed by atoms with Crippen molar-refractivity contribution < 1.29 is 23.8 Å². The molecule has 0 bridgehead atoms. The standard InChI is InChI=1S/C29H33N3O5S/c1-6-37-28(34)25-26(19-10-8-7-9-11-19)31-29-32(21(17-38-29)14-24(33)30-16-18(2)3)27(25)20-12-22(35-4)15-23(13-20)36-5/h7-13,15,17-18,27H,6,14,16H2,1-5H3,(H,30,33)/t27-/m1/s1. The van der Waals surface area contributed by atoms with E-state index in [1.807, 2.05) is 66.6 Å². The molecule has 1 atom stereocenters. The first-order chi connectivity index (χ1) is 18.4. The second-order valence-electron chi connectivity index (χ2n) is 9.26. The molecule has 2 aromatic carbocycles. The number of esters is 1. The van der Waals surface area contributed by atoms with Crippen LogP contribution >= 0.6 is 11.8 Å². The van der Waals surface area contributed by atoms with Crippen molar-refractivity contribution in [1.82, 2.24) is 10.2 Å². The summed E-state index contributed by atoms with van der Waals surface area (Å²) in [6.45, 7) is 6.67. The summed E-state index contributed by atoms with van der Waals surface area (Å²) in [6, 6.07) is 14.5. The molecule has 0 unspecified atom stereocenters. The molecule has 2 aliphatic heterocycles. The first kappa shape index (κ1) is 27.3. The monoisotopic (exact) mass is 535 g/mol. The number of ether oxygens (including phenoxy) is 3. The van der Waals surface area contributed by atoms with E-state index in [4.69, 9.17) is 19.2 Å². The van der Waals surface area contributed by atoms with Crippen molar-refractivity contribution in [3.05, 3.63) is 76.3 Å². The first-order valence-electron chi connectivity index (χ1n) is 12.6. The Morgan fingerprint density at radius 2 is 1.76 bits per heavy atom. The van der Waals surface area contributed by atoms with E-state index in [9.17, 15) is 9.59 Å². The third-order valence-electron chi connectivity index (χ3n) is 6.09. The summed E-state index contributed by atoms with van der Waals surface area (Å²) >= 11 is 1.43. The van der Waals surface area contributed by atoms with Gasteiger partial charge in [0, 0.05) is 23.9 Å². The number of methoxy groups -OCH3 is 2. The van der Waals surface area contributed by atoms with Crippen LogP contribution in [0.5, 0.6) is 11.5 Å². The molecule has 0 spiro atoms. The highest BCUT2D eigenvalue weighted by molar-refractivity contribution is 8.16. The molecule has 0 aromatic heterocycles. The summed E-state index contributed by atoms with van der Waals surface area (Å²) in [5, 5.41) is 5.59. The molecule has 2 aliphatic rings. The Hall–Kier alpha value is -3.72. The summed E-state index contributed by atoms with van der Waals surface area (Å²) in [4.78, 5) is 33.4. The van der Waals surface area contributed by atoms with E-state index < -0.39 is 12.0 Å². The third kappa shape index (κ3) is 5.88. The van der Waals surface area contributed by atoms with Crippen molar-refractivity contribution in [2.75, 3.05) is 27.4 Å². The van der Waals surface area contributed by atoms with Gasteiger partial charge >= 0.3 is 5.97 Å². The van der Waals surface area contributed by atoms with Crippen LogP contribution in [0.15, 0.2) is 70.2 Å². The number of fused-ring (bicyclic) bond motifs is 1. The number of amidine groups is 1. The van der Waals surface area contributed by atoms with Crippen molar-refractivity contribution in [2.24, 2.45) is 10.9 Å². The van der Waals surface area contributed by atoms with E-state index in [1.54, 1.807) is 27.2 Å². The van der Waals surface area contributed by atoms with Gasteiger partial charge in [-0.1, -0.05) is 55.9 Å². The van der Waals surface area contributed by atoms with Crippen molar-refractivity contribution in [3.8, 4) is 11.5 Å². The normalized spacial score (nSPS) is 16.6. The molecule has 200 valence electrons. The minimum absolute atomic E-state index is 0.0932. The Morgan fingerprint density at radius 3 is 2.37 bits per heavy atom. The maximum atomic E-state index is 13.6. The molecule has 2 aromatic rings. The Bertz CT molecular complexity index is 1260. The van der Waals surface area contributed by atoms with Gasteiger partial charge in [-0.15, -0.1) is 0 Å². The van der Waals surface area contributed by atoms with Gasteiger partial charge in [0.15, 0.2) is 5.17 Å². The highest BCUT2D eigenvalue weighted by Gasteiger charge is 2.42. The lowest BCUT2D eigenvalue weighted by Gasteiger charge is -2.37. The van der Waals surface area contributed by atoms with Gasteiger partial charge < -0.3 is 24.4 Å². The van der Waals surface area contributed by atoms with E-state index in [0.29, 0.717) is 40.4 Å². The summed E-state index contributed by atoms with van der Waals surface area (Å²) < 4.78 is 16.7. The highest BCUT2D eigenvalue weighted by Crippen LogP contribution is 2.48. The van der Waals surface area contributed by atoms with E-state index in [2.05, 4.69) is 5.32 Å². The van der Waals surface area contributed by atoms with Gasteiger partial charge in [0.25, 0.3) is 0 Å². The molecule has 1 N–H and O–H groups in total. The quantitative estimate of drug-likeness (QED) is 0.421.